The smallest absolute Gasteiger partial charge is 0.336 e. The summed E-state index contributed by atoms with van der Waals surface area (Å²) in [6, 6.07) is 5.25. The molecule has 0 unspecified atom stereocenters. The number of thiophene rings is 1. The second kappa shape index (κ2) is 5.16. The van der Waals surface area contributed by atoms with Crippen LogP contribution in [-0.4, -0.2) is 16.1 Å². The average Bonchev–Trinajstić information content (AvgIpc) is 2.77. The molecule has 0 aliphatic heterocycles. The van der Waals surface area contributed by atoms with E-state index < -0.39 is 5.97 Å². The Morgan fingerprint density at radius 2 is 2.41 bits per heavy atom. The number of pyridine rings is 1. The van der Waals surface area contributed by atoms with E-state index in [1.807, 2.05) is 6.07 Å². The second-order valence-corrected chi connectivity index (χ2v) is 4.66. The van der Waals surface area contributed by atoms with Crippen molar-refractivity contribution in [2.75, 3.05) is 5.32 Å². The van der Waals surface area contributed by atoms with Crippen LogP contribution in [0.15, 0.2) is 29.8 Å². The summed E-state index contributed by atoms with van der Waals surface area (Å²) in [7, 11) is 0. The molecule has 0 aromatic carbocycles. The minimum atomic E-state index is -0.910. The molecule has 2 aromatic rings. The van der Waals surface area contributed by atoms with Gasteiger partial charge in [0, 0.05) is 23.0 Å². The van der Waals surface area contributed by atoms with Crippen LogP contribution in [0.3, 0.4) is 0 Å². The number of halogens is 1. The fraction of sp³-hybridized carbons (Fsp3) is 0.0909. The molecule has 0 aliphatic rings. The van der Waals surface area contributed by atoms with Gasteiger partial charge in [0.25, 0.3) is 0 Å². The van der Waals surface area contributed by atoms with Crippen molar-refractivity contribution in [2.24, 2.45) is 0 Å². The minimum absolute atomic E-state index is 0.309. The molecule has 0 atom stereocenters. The van der Waals surface area contributed by atoms with Crippen molar-refractivity contribution in [3.63, 3.8) is 0 Å². The first kappa shape index (κ1) is 11.9. The summed E-state index contributed by atoms with van der Waals surface area (Å²) >= 11 is 7.28. The summed E-state index contributed by atoms with van der Waals surface area (Å²) < 4.78 is 0. The highest BCUT2D eigenvalue weighted by Gasteiger charge is 2.06. The third kappa shape index (κ3) is 2.95. The largest absolute Gasteiger partial charge is 0.478 e. The van der Waals surface area contributed by atoms with Gasteiger partial charge in [-0.15, -0.1) is 11.3 Å². The molecule has 0 fully saturated rings. The summed E-state index contributed by atoms with van der Waals surface area (Å²) in [4.78, 5) is 15.6. The lowest BCUT2D eigenvalue weighted by Gasteiger charge is -2.05. The highest BCUT2D eigenvalue weighted by molar-refractivity contribution is 7.10. The number of nitrogens with zero attached hydrogens (tertiary/aromatic N) is 1. The summed E-state index contributed by atoms with van der Waals surface area (Å²) in [5, 5.41) is 13.9. The van der Waals surface area contributed by atoms with Gasteiger partial charge in [-0.3, -0.25) is 0 Å². The Bertz CT molecular complexity index is 542. The number of carbonyl (C=O) groups is 1. The van der Waals surface area contributed by atoms with Crippen LogP contribution in [0.4, 0.5) is 5.69 Å². The highest BCUT2D eigenvalue weighted by Crippen LogP contribution is 2.20. The van der Waals surface area contributed by atoms with Gasteiger partial charge in [0.2, 0.25) is 0 Å². The Morgan fingerprint density at radius 1 is 1.59 bits per heavy atom. The van der Waals surface area contributed by atoms with Crippen LogP contribution < -0.4 is 5.32 Å². The lowest BCUT2D eigenvalue weighted by molar-refractivity contribution is 0.0697. The van der Waals surface area contributed by atoms with Crippen LogP contribution in [0.5, 0.6) is 0 Å². The normalized spacial score (nSPS) is 10.2. The molecule has 0 saturated carbocycles. The molecule has 2 heterocycles. The van der Waals surface area contributed by atoms with Crippen molar-refractivity contribution in [2.45, 2.75) is 6.54 Å². The molecule has 4 nitrogen and oxygen atoms in total. The Morgan fingerprint density at radius 3 is 3.06 bits per heavy atom. The van der Waals surface area contributed by atoms with Gasteiger partial charge in [-0.1, -0.05) is 11.6 Å². The molecule has 88 valence electrons. The first-order chi connectivity index (χ1) is 8.16. The Balaban J connectivity index is 2.02. The zero-order valence-corrected chi connectivity index (χ0v) is 10.3. The molecule has 0 aliphatic carbocycles. The molecule has 2 aromatic heterocycles. The number of anilines is 1. The van der Waals surface area contributed by atoms with E-state index in [0.29, 0.717) is 17.3 Å². The molecule has 0 saturated heterocycles. The van der Waals surface area contributed by atoms with Crippen molar-refractivity contribution >= 4 is 34.6 Å². The van der Waals surface area contributed by atoms with Crippen LogP contribution in [0, 0.1) is 0 Å². The van der Waals surface area contributed by atoms with E-state index in [-0.39, 0.29) is 0 Å². The van der Waals surface area contributed by atoms with Gasteiger partial charge in [-0.2, -0.15) is 0 Å². The molecule has 0 radical (unpaired) electrons. The molecule has 2 rings (SSSR count). The number of aromatic nitrogens is 1. The van der Waals surface area contributed by atoms with Crippen molar-refractivity contribution in [1.82, 2.24) is 4.98 Å². The first-order valence-corrected chi connectivity index (χ1v) is 6.07. The molecule has 2 N–H and O–H groups in total. The lowest BCUT2D eigenvalue weighted by atomic mass is 10.3. The van der Waals surface area contributed by atoms with Gasteiger partial charge < -0.3 is 10.4 Å². The fourth-order valence-corrected chi connectivity index (χ4v) is 2.27. The van der Waals surface area contributed by atoms with Crippen molar-refractivity contribution < 1.29 is 9.90 Å². The number of aromatic carboxylic acids is 1. The van der Waals surface area contributed by atoms with Gasteiger partial charge in [0.15, 0.2) is 5.15 Å². The van der Waals surface area contributed by atoms with Crippen LogP contribution in [0.25, 0.3) is 0 Å². The highest BCUT2D eigenvalue weighted by atomic mass is 35.5. The first-order valence-electron chi connectivity index (χ1n) is 4.82. The molecule has 17 heavy (non-hydrogen) atoms. The maximum absolute atomic E-state index is 10.7. The zero-order chi connectivity index (χ0) is 12.3. The lowest BCUT2D eigenvalue weighted by Crippen LogP contribution is -1.99. The summed E-state index contributed by atoms with van der Waals surface area (Å²) in [5.41, 5.74) is 1.04. The predicted octanol–water partition coefficient (Wildman–Crippen LogP) is 3.11. The number of hydrogen-bond acceptors (Lipinski definition) is 4. The summed E-state index contributed by atoms with van der Waals surface area (Å²) in [6.07, 6.45) is 1.61. The third-order valence-electron chi connectivity index (χ3n) is 2.11. The van der Waals surface area contributed by atoms with Crippen molar-refractivity contribution in [3.05, 3.63) is 45.4 Å². The van der Waals surface area contributed by atoms with E-state index >= 15 is 0 Å². The number of carboxylic acids is 1. The molecule has 6 heteroatoms. The molecule has 0 amide bonds. The number of nitrogens with one attached hydrogen (secondary N) is 1. The maximum Gasteiger partial charge on any atom is 0.336 e. The van der Waals surface area contributed by atoms with Gasteiger partial charge in [-0.25, -0.2) is 9.78 Å². The summed E-state index contributed by atoms with van der Waals surface area (Å²) in [6.45, 7) is 0.531. The van der Waals surface area contributed by atoms with Crippen LogP contribution >= 0.6 is 22.9 Å². The molecular weight excluding hydrogens is 260 g/mol. The maximum atomic E-state index is 10.7. The van der Waals surface area contributed by atoms with E-state index in [9.17, 15) is 4.79 Å². The van der Waals surface area contributed by atoms with Crippen LogP contribution in [-0.2, 0) is 6.54 Å². The second-order valence-electron chi connectivity index (χ2n) is 3.30. The number of carboxylic acid groups (broad SMARTS) is 1. The van der Waals surface area contributed by atoms with E-state index in [1.54, 1.807) is 23.7 Å². The van der Waals surface area contributed by atoms with Gasteiger partial charge >= 0.3 is 5.97 Å². The monoisotopic (exact) mass is 268 g/mol. The predicted molar refractivity (Wildman–Crippen MR) is 67.9 cm³/mol. The Labute approximate surface area is 107 Å². The minimum Gasteiger partial charge on any atom is -0.478 e. The molecule has 0 spiro atoms. The van der Waals surface area contributed by atoms with E-state index in [1.165, 1.54) is 11.3 Å². The van der Waals surface area contributed by atoms with Gasteiger partial charge in [0.1, 0.15) is 0 Å². The van der Waals surface area contributed by atoms with E-state index in [4.69, 9.17) is 16.7 Å². The Kier molecular flexibility index (Phi) is 3.61. The standard InChI is InChI=1S/C11H9ClN2O2S/c12-10-9(2-1-3-13-10)14-5-8-4-7(6-17-8)11(15)16/h1-4,6,14H,5H2,(H,15,16). The quantitative estimate of drug-likeness (QED) is 0.837. The van der Waals surface area contributed by atoms with Gasteiger partial charge in [-0.05, 0) is 18.2 Å². The Hall–Kier alpha value is -1.59. The topological polar surface area (TPSA) is 62.2 Å². The third-order valence-corrected chi connectivity index (χ3v) is 3.35. The van der Waals surface area contributed by atoms with Crippen molar-refractivity contribution in [1.29, 1.82) is 0 Å². The number of hydrogen-bond donors (Lipinski definition) is 2. The fourth-order valence-electron chi connectivity index (χ4n) is 1.29. The SMILES string of the molecule is O=C(O)c1csc(CNc2cccnc2Cl)c1. The summed E-state index contributed by atoms with van der Waals surface area (Å²) in [5.74, 6) is -0.910. The molecule has 0 bridgehead atoms. The zero-order valence-electron chi connectivity index (χ0n) is 8.68. The molecular formula is C11H9ClN2O2S. The van der Waals surface area contributed by atoms with Crippen LogP contribution in [0.1, 0.15) is 15.2 Å². The van der Waals surface area contributed by atoms with Gasteiger partial charge in [0.05, 0.1) is 11.3 Å². The van der Waals surface area contributed by atoms with E-state index in [0.717, 1.165) is 10.6 Å². The number of rotatable bonds is 4. The van der Waals surface area contributed by atoms with Crippen molar-refractivity contribution in [3.8, 4) is 0 Å². The van der Waals surface area contributed by atoms with E-state index in [2.05, 4.69) is 10.3 Å². The van der Waals surface area contributed by atoms with Crippen LogP contribution in [0.2, 0.25) is 5.15 Å². The average molecular weight is 269 g/mol.